The molecule has 0 radical (unpaired) electrons. The second-order valence-corrected chi connectivity index (χ2v) is 3.83. The fourth-order valence-electron chi connectivity index (χ4n) is 1.28. The maximum atomic E-state index is 11.8. The molecule has 1 rings (SSSR count). The van der Waals surface area contributed by atoms with Gasteiger partial charge in [0.15, 0.2) is 5.78 Å². The molecule has 0 spiro atoms. The molecule has 0 heterocycles. The van der Waals surface area contributed by atoms with Crippen LogP contribution in [0.2, 0.25) is 5.02 Å². The van der Waals surface area contributed by atoms with Gasteiger partial charge in [0.2, 0.25) is 0 Å². The molecule has 0 bridgehead atoms. The zero-order valence-corrected chi connectivity index (χ0v) is 9.51. The van der Waals surface area contributed by atoms with E-state index < -0.39 is 5.92 Å². The summed E-state index contributed by atoms with van der Waals surface area (Å²) in [6.07, 6.45) is 0.529. The zero-order valence-electron chi connectivity index (χ0n) is 8.75. The average molecular weight is 222 g/mol. The van der Waals surface area contributed by atoms with Crippen molar-refractivity contribution in [2.24, 2.45) is 5.92 Å². The molecule has 2 nitrogen and oxygen atoms in total. The van der Waals surface area contributed by atoms with Crippen LogP contribution in [0.5, 0.6) is 0 Å². The summed E-state index contributed by atoms with van der Waals surface area (Å²) in [5.41, 5.74) is 1.44. The Labute approximate surface area is 94.5 Å². The number of hydrogen-bond acceptors (Lipinski definition) is 2. The molecule has 0 N–H and O–H groups in total. The van der Waals surface area contributed by atoms with E-state index in [1.807, 2.05) is 19.9 Å². The third-order valence-corrected chi connectivity index (χ3v) is 2.74. The smallest absolute Gasteiger partial charge is 0.180 e. The maximum Gasteiger partial charge on any atom is 0.180 e. The number of carbonyl (C=O) groups is 1. The van der Waals surface area contributed by atoms with Gasteiger partial charge in [-0.2, -0.15) is 5.26 Å². The quantitative estimate of drug-likeness (QED) is 0.735. The van der Waals surface area contributed by atoms with E-state index in [4.69, 9.17) is 16.9 Å². The van der Waals surface area contributed by atoms with Crippen molar-refractivity contribution in [3.05, 3.63) is 34.3 Å². The molecule has 0 amide bonds. The average Bonchev–Trinajstić information content (AvgIpc) is 2.23. The Morgan fingerprint density at radius 2 is 2.27 bits per heavy atom. The largest absolute Gasteiger partial charge is 0.293 e. The highest BCUT2D eigenvalue weighted by atomic mass is 35.5. The highest BCUT2D eigenvalue weighted by molar-refractivity contribution is 6.31. The summed E-state index contributed by atoms with van der Waals surface area (Å²) in [5.74, 6) is -0.717. The van der Waals surface area contributed by atoms with Gasteiger partial charge in [0.25, 0.3) is 0 Å². The molecule has 15 heavy (non-hydrogen) atoms. The SMILES string of the molecule is CCC(C#N)C(=O)c1ccc(C)c(Cl)c1. The van der Waals surface area contributed by atoms with E-state index in [0.29, 0.717) is 17.0 Å². The van der Waals surface area contributed by atoms with Crippen molar-refractivity contribution in [3.8, 4) is 6.07 Å². The van der Waals surface area contributed by atoms with Crippen LogP contribution >= 0.6 is 11.6 Å². The van der Waals surface area contributed by atoms with Gasteiger partial charge in [0, 0.05) is 10.6 Å². The summed E-state index contributed by atoms with van der Waals surface area (Å²) >= 11 is 5.91. The molecule has 78 valence electrons. The Bertz CT molecular complexity index is 420. The van der Waals surface area contributed by atoms with E-state index in [0.717, 1.165) is 5.56 Å². The molecule has 0 aromatic heterocycles. The number of Topliss-reactive ketones (excluding diaryl/α,β-unsaturated/α-hetero) is 1. The number of nitriles is 1. The Hall–Kier alpha value is -1.33. The van der Waals surface area contributed by atoms with Gasteiger partial charge in [0.05, 0.1) is 6.07 Å². The van der Waals surface area contributed by atoms with E-state index in [-0.39, 0.29) is 5.78 Å². The molecule has 3 heteroatoms. The predicted octanol–water partition coefficient (Wildman–Crippen LogP) is 3.38. The lowest BCUT2D eigenvalue weighted by Crippen LogP contribution is -2.11. The van der Waals surface area contributed by atoms with Crippen molar-refractivity contribution in [3.63, 3.8) is 0 Å². The van der Waals surface area contributed by atoms with Crippen molar-refractivity contribution >= 4 is 17.4 Å². The number of ketones is 1. The number of hydrogen-bond donors (Lipinski definition) is 0. The summed E-state index contributed by atoms with van der Waals surface area (Å²) < 4.78 is 0. The summed E-state index contributed by atoms with van der Waals surface area (Å²) in [7, 11) is 0. The first-order valence-electron chi connectivity index (χ1n) is 4.80. The number of halogens is 1. The van der Waals surface area contributed by atoms with Crippen LogP contribution in [0.4, 0.5) is 0 Å². The van der Waals surface area contributed by atoms with Crippen molar-refractivity contribution in [1.82, 2.24) is 0 Å². The number of nitrogens with zero attached hydrogens (tertiary/aromatic N) is 1. The first-order valence-corrected chi connectivity index (χ1v) is 5.18. The second kappa shape index (κ2) is 4.95. The minimum absolute atomic E-state index is 0.151. The lowest BCUT2D eigenvalue weighted by Gasteiger charge is -2.06. The highest BCUT2D eigenvalue weighted by Gasteiger charge is 2.17. The summed E-state index contributed by atoms with van der Waals surface area (Å²) in [6, 6.07) is 7.12. The Balaban J connectivity index is 3.02. The molecule has 0 aliphatic rings. The van der Waals surface area contributed by atoms with Gasteiger partial charge < -0.3 is 0 Å². The van der Waals surface area contributed by atoms with E-state index >= 15 is 0 Å². The zero-order chi connectivity index (χ0) is 11.4. The van der Waals surface area contributed by atoms with E-state index in [1.54, 1.807) is 18.2 Å². The van der Waals surface area contributed by atoms with Gasteiger partial charge in [-0.1, -0.05) is 30.7 Å². The standard InChI is InChI=1S/C12H12ClNO/c1-3-9(7-14)12(15)10-5-4-8(2)11(13)6-10/h4-6,9H,3H2,1-2H3. The van der Waals surface area contributed by atoms with Gasteiger partial charge in [-0.05, 0) is 25.0 Å². The molecule has 1 aromatic rings. The molecule has 1 unspecified atom stereocenters. The molecule has 1 aromatic carbocycles. The molecule has 0 aliphatic carbocycles. The Kier molecular flexibility index (Phi) is 3.88. The predicted molar refractivity (Wildman–Crippen MR) is 59.9 cm³/mol. The van der Waals surface area contributed by atoms with Crippen molar-refractivity contribution in [2.45, 2.75) is 20.3 Å². The molecular weight excluding hydrogens is 210 g/mol. The molecule has 0 saturated heterocycles. The minimum Gasteiger partial charge on any atom is -0.293 e. The third kappa shape index (κ3) is 2.57. The van der Waals surface area contributed by atoms with Gasteiger partial charge in [-0.15, -0.1) is 0 Å². The number of benzene rings is 1. The van der Waals surface area contributed by atoms with Crippen LogP contribution in [0.1, 0.15) is 29.3 Å². The van der Waals surface area contributed by atoms with Crippen LogP contribution in [0.3, 0.4) is 0 Å². The first-order chi connectivity index (χ1) is 7.10. The molecule has 0 fully saturated rings. The van der Waals surface area contributed by atoms with E-state index in [1.165, 1.54) is 0 Å². The second-order valence-electron chi connectivity index (χ2n) is 3.42. The van der Waals surface area contributed by atoms with E-state index in [2.05, 4.69) is 0 Å². The fraction of sp³-hybridized carbons (Fsp3) is 0.333. The first kappa shape index (κ1) is 11.7. The van der Waals surface area contributed by atoms with E-state index in [9.17, 15) is 4.79 Å². The molecular formula is C12H12ClNO. The van der Waals surface area contributed by atoms with Crippen molar-refractivity contribution in [2.75, 3.05) is 0 Å². The topological polar surface area (TPSA) is 40.9 Å². The van der Waals surface area contributed by atoms with Crippen LogP contribution in [0.15, 0.2) is 18.2 Å². The van der Waals surface area contributed by atoms with Crippen molar-refractivity contribution in [1.29, 1.82) is 5.26 Å². The number of rotatable bonds is 3. The van der Waals surface area contributed by atoms with Crippen LogP contribution in [0.25, 0.3) is 0 Å². The van der Waals surface area contributed by atoms with Crippen LogP contribution in [-0.2, 0) is 0 Å². The van der Waals surface area contributed by atoms with Gasteiger partial charge in [-0.25, -0.2) is 0 Å². The summed E-state index contributed by atoms with van der Waals surface area (Å²) in [5, 5.41) is 9.34. The molecule has 0 aliphatic heterocycles. The Morgan fingerprint density at radius 3 is 2.73 bits per heavy atom. The van der Waals surface area contributed by atoms with Gasteiger partial charge in [-0.3, -0.25) is 4.79 Å². The number of aryl methyl sites for hydroxylation is 1. The Morgan fingerprint density at radius 1 is 1.60 bits per heavy atom. The lowest BCUT2D eigenvalue weighted by molar-refractivity contribution is 0.0946. The van der Waals surface area contributed by atoms with Crippen molar-refractivity contribution < 1.29 is 4.79 Å². The fourth-order valence-corrected chi connectivity index (χ4v) is 1.46. The monoisotopic (exact) mass is 221 g/mol. The maximum absolute atomic E-state index is 11.8. The van der Waals surface area contributed by atoms with Gasteiger partial charge in [0.1, 0.15) is 5.92 Å². The lowest BCUT2D eigenvalue weighted by atomic mass is 9.96. The van der Waals surface area contributed by atoms with Gasteiger partial charge >= 0.3 is 0 Å². The number of carbonyl (C=O) groups excluding carboxylic acids is 1. The molecule has 0 saturated carbocycles. The minimum atomic E-state index is -0.566. The molecule has 1 atom stereocenters. The van der Waals surface area contributed by atoms with Crippen LogP contribution < -0.4 is 0 Å². The summed E-state index contributed by atoms with van der Waals surface area (Å²) in [4.78, 5) is 11.8. The van der Waals surface area contributed by atoms with Crippen LogP contribution in [0, 0.1) is 24.2 Å². The highest BCUT2D eigenvalue weighted by Crippen LogP contribution is 2.19. The normalized spacial score (nSPS) is 11.9. The summed E-state index contributed by atoms with van der Waals surface area (Å²) in [6.45, 7) is 3.69. The third-order valence-electron chi connectivity index (χ3n) is 2.34. The van der Waals surface area contributed by atoms with Crippen LogP contribution in [-0.4, -0.2) is 5.78 Å².